The third kappa shape index (κ3) is 6.81. The smallest absolute Gasteiger partial charge is 0.264 e. The van der Waals surface area contributed by atoms with Gasteiger partial charge < -0.3 is 19.7 Å². The van der Waals surface area contributed by atoms with E-state index in [0.29, 0.717) is 24.6 Å². The fraction of sp³-hybridized carbons (Fsp3) is 0.321. The number of amides is 1. The molecule has 1 aliphatic heterocycles. The highest BCUT2D eigenvalue weighted by atomic mass is 32.2. The summed E-state index contributed by atoms with van der Waals surface area (Å²) in [7, 11) is -3.99. The van der Waals surface area contributed by atoms with Crippen LogP contribution in [0.15, 0.2) is 77.7 Å². The van der Waals surface area contributed by atoms with Gasteiger partial charge in [-0.15, -0.1) is 0 Å². The summed E-state index contributed by atoms with van der Waals surface area (Å²) >= 11 is 0. The lowest BCUT2D eigenvalue weighted by Gasteiger charge is -2.29. The van der Waals surface area contributed by atoms with Gasteiger partial charge in [0.05, 0.1) is 30.4 Å². The normalized spacial score (nSPS) is 13.7. The Hall–Kier alpha value is -3.56. The van der Waals surface area contributed by atoms with Gasteiger partial charge in [-0.05, 0) is 67.9 Å². The standard InChI is InChI=1S/C28H33N3O5S/c1-3-36-26-12-14-27(15-13-26)37(33,34)31(25-8-4-22(2)5-9-25)21-28(32)29-20-23-6-10-24(11-7-23)30-16-18-35-19-17-30/h4-15H,3,16-21H2,1-2H3,(H,29,32). The van der Waals surface area contributed by atoms with Crippen LogP contribution in [0, 0.1) is 6.92 Å². The predicted molar refractivity (Wildman–Crippen MR) is 145 cm³/mol. The second-order valence-electron chi connectivity index (χ2n) is 8.79. The van der Waals surface area contributed by atoms with E-state index >= 15 is 0 Å². The molecule has 8 nitrogen and oxygen atoms in total. The van der Waals surface area contributed by atoms with Gasteiger partial charge in [-0.1, -0.05) is 29.8 Å². The van der Waals surface area contributed by atoms with Gasteiger partial charge >= 0.3 is 0 Å². The molecule has 0 atom stereocenters. The van der Waals surface area contributed by atoms with Crippen molar-refractivity contribution < 1.29 is 22.7 Å². The summed E-state index contributed by atoms with van der Waals surface area (Å²) in [4.78, 5) is 15.3. The molecule has 1 saturated heterocycles. The molecule has 1 amide bonds. The minimum absolute atomic E-state index is 0.0861. The van der Waals surface area contributed by atoms with Crippen LogP contribution in [-0.2, 0) is 26.1 Å². The van der Waals surface area contributed by atoms with Gasteiger partial charge in [0, 0.05) is 25.3 Å². The van der Waals surface area contributed by atoms with Gasteiger partial charge in [0.1, 0.15) is 12.3 Å². The number of carbonyl (C=O) groups excluding carboxylic acids is 1. The predicted octanol–water partition coefficient (Wildman–Crippen LogP) is 3.74. The molecular formula is C28H33N3O5S. The number of benzene rings is 3. The van der Waals surface area contributed by atoms with Crippen molar-refractivity contribution >= 4 is 27.3 Å². The zero-order valence-electron chi connectivity index (χ0n) is 21.2. The molecular weight excluding hydrogens is 490 g/mol. The van der Waals surface area contributed by atoms with E-state index < -0.39 is 15.9 Å². The molecule has 3 aromatic carbocycles. The summed E-state index contributed by atoms with van der Waals surface area (Å²) in [5, 5.41) is 2.86. The fourth-order valence-corrected chi connectivity index (χ4v) is 5.48. The average Bonchev–Trinajstić information content (AvgIpc) is 2.92. The number of hydrogen-bond acceptors (Lipinski definition) is 6. The van der Waals surface area contributed by atoms with Crippen molar-refractivity contribution in [3.63, 3.8) is 0 Å². The van der Waals surface area contributed by atoms with Gasteiger partial charge in [-0.2, -0.15) is 0 Å². The molecule has 4 rings (SSSR count). The van der Waals surface area contributed by atoms with Gasteiger partial charge in [-0.25, -0.2) is 8.42 Å². The van der Waals surface area contributed by atoms with Crippen LogP contribution < -0.4 is 19.3 Å². The number of anilines is 2. The fourth-order valence-electron chi connectivity index (χ4n) is 4.06. The molecule has 1 heterocycles. The molecule has 0 spiro atoms. The number of nitrogens with one attached hydrogen (secondary N) is 1. The Kier molecular flexibility index (Phi) is 8.68. The van der Waals surface area contributed by atoms with Crippen molar-refractivity contribution in [2.75, 3.05) is 48.7 Å². The van der Waals surface area contributed by atoms with Gasteiger partial charge in [0.25, 0.3) is 10.0 Å². The van der Waals surface area contributed by atoms with E-state index in [9.17, 15) is 13.2 Å². The monoisotopic (exact) mass is 523 g/mol. The average molecular weight is 524 g/mol. The summed E-state index contributed by atoms with van der Waals surface area (Å²) in [6.07, 6.45) is 0. The first kappa shape index (κ1) is 26.5. The van der Waals surface area contributed by atoms with Gasteiger partial charge in [0.15, 0.2) is 0 Å². The zero-order valence-corrected chi connectivity index (χ0v) is 22.0. The molecule has 1 fully saturated rings. The van der Waals surface area contributed by atoms with Crippen LogP contribution in [-0.4, -0.2) is 53.8 Å². The minimum Gasteiger partial charge on any atom is -0.494 e. The van der Waals surface area contributed by atoms with E-state index in [1.54, 1.807) is 24.3 Å². The van der Waals surface area contributed by atoms with Crippen LogP contribution in [0.25, 0.3) is 0 Å². The summed E-state index contributed by atoms with van der Waals surface area (Å²) in [6.45, 7) is 7.37. The van der Waals surface area contributed by atoms with Crippen molar-refractivity contribution in [1.29, 1.82) is 0 Å². The maximum atomic E-state index is 13.6. The number of sulfonamides is 1. The lowest BCUT2D eigenvalue weighted by Crippen LogP contribution is -2.40. The Bertz CT molecular complexity index is 1270. The number of rotatable bonds is 10. The topological polar surface area (TPSA) is 88.2 Å². The second kappa shape index (κ2) is 12.1. The van der Waals surface area contributed by atoms with Crippen LogP contribution in [0.1, 0.15) is 18.1 Å². The molecule has 0 aliphatic carbocycles. The highest BCUT2D eigenvalue weighted by molar-refractivity contribution is 7.92. The Morgan fingerprint density at radius 2 is 1.62 bits per heavy atom. The third-order valence-electron chi connectivity index (χ3n) is 6.13. The number of carbonyl (C=O) groups is 1. The number of hydrogen-bond donors (Lipinski definition) is 1. The molecule has 0 saturated carbocycles. The summed E-state index contributed by atoms with van der Waals surface area (Å²) in [5.74, 6) is 0.188. The Labute approximate surface area is 218 Å². The molecule has 1 N–H and O–H groups in total. The Morgan fingerprint density at radius 3 is 2.24 bits per heavy atom. The molecule has 1 aliphatic rings. The SMILES string of the molecule is CCOc1ccc(S(=O)(=O)N(CC(=O)NCc2ccc(N3CCOCC3)cc2)c2ccc(C)cc2)cc1. The van der Waals surface area contributed by atoms with Crippen LogP contribution in [0.2, 0.25) is 0 Å². The van der Waals surface area contributed by atoms with Crippen LogP contribution in [0.5, 0.6) is 5.75 Å². The summed E-state index contributed by atoms with van der Waals surface area (Å²) in [5.41, 5.74) is 3.46. The molecule has 0 radical (unpaired) electrons. The zero-order chi connectivity index (χ0) is 26.3. The molecule has 3 aromatic rings. The highest BCUT2D eigenvalue weighted by Crippen LogP contribution is 2.25. The number of ether oxygens (including phenoxy) is 2. The number of aryl methyl sites for hydroxylation is 1. The molecule has 0 unspecified atom stereocenters. The Balaban J connectivity index is 1.46. The first-order valence-corrected chi connectivity index (χ1v) is 13.8. The summed E-state index contributed by atoms with van der Waals surface area (Å²) in [6, 6.07) is 21.3. The number of nitrogens with zero attached hydrogens (tertiary/aromatic N) is 2. The first-order chi connectivity index (χ1) is 17.9. The van der Waals surface area contributed by atoms with Crippen molar-refractivity contribution in [2.45, 2.75) is 25.3 Å². The Morgan fingerprint density at radius 1 is 0.973 bits per heavy atom. The van der Waals surface area contributed by atoms with Crippen LogP contribution in [0.3, 0.4) is 0 Å². The summed E-state index contributed by atoms with van der Waals surface area (Å²) < 4.78 is 39.1. The van der Waals surface area contributed by atoms with Crippen molar-refractivity contribution in [3.05, 3.63) is 83.9 Å². The first-order valence-electron chi connectivity index (χ1n) is 12.4. The quantitative estimate of drug-likeness (QED) is 0.436. The van der Waals surface area contributed by atoms with E-state index in [2.05, 4.69) is 10.2 Å². The minimum atomic E-state index is -3.99. The number of morpholine rings is 1. The molecule has 196 valence electrons. The highest BCUT2D eigenvalue weighted by Gasteiger charge is 2.27. The second-order valence-corrected chi connectivity index (χ2v) is 10.7. The molecule has 9 heteroatoms. The third-order valence-corrected chi connectivity index (χ3v) is 7.92. The van der Waals surface area contributed by atoms with E-state index in [4.69, 9.17) is 9.47 Å². The molecule has 37 heavy (non-hydrogen) atoms. The maximum absolute atomic E-state index is 13.6. The van der Waals surface area contributed by atoms with E-state index in [-0.39, 0.29) is 11.4 Å². The van der Waals surface area contributed by atoms with Crippen LogP contribution in [0.4, 0.5) is 11.4 Å². The lowest BCUT2D eigenvalue weighted by molar-refractivity contribution is -0.119. The van der Waals surface area contributed by atoms with Crippen molar-refractivity contribution in [2.24, 2.45) is 0 Å². The van der Waals surface area contributed by atoms with E-state index in [1.165, 1.54) is 12.1 Å². The van der Waals surface area contributed by atoms with E-state index in [1.807, 2.05) is 50.2 Å². The van der Waals surface area contributed by atoms with Crippen molar-refractivity contribution in [1.82, 2.24) is 5.32 Å². The molecule has 0 aromatic heterocycles. The van der Waals surface area contributed by atoms with Gasteiger partial charge in [-0.3, -0.25) is 9.10 Å². The van der Waals surface area contributed by atoms with Crippen LogP contribution >= 0.6 is 0 Å². The van der Waals surface area contributed by atoms with Gasteiger partial charge in [0.2, 0.25) is 5.91 Å². The lowest BCUT2D eigenvalue weighted by atomic mass is 10.2. The largest absolute Gasteiger partial charge is 0.494 e. The maximum Gasteiger partial charge on any atom is 0.264 e. The molecule has 0 bridgehead atoms. The van der Waals surface area contributed by atoms with E-state index in [0.717, 1.165) is 47.4 Å². The van der Waals surface area contributed by atoms with Crippen molar-refractivity contribution in [3.8, 4) is 5.75 Å².